The number of halogens is 1. The summed E-state index contributed by atoms with van der Waals surface area (Å²) in [5, 5.41) is 4.46. The summed E-state index contributed by atoms with van der Waals surface area (Å²) in [6, 6.07) is 15.1. The number of benzene rings is 2. The molecule has 0 fully saturated rings. The summed E-state index contributed by atoms with van der Waals surface area (Å²) in [6.45, 7) is 0.389. The minimum absolute atomic E-state index is 0.170. The Balaban J connectivity index is 1.96. The van der Waals surface area contributed by atoms with E-state index in [1.165, 1.54) is 24.3 Å². The molecule has 9 heteroatoms. The fraction of sp³-hybridized carbons (Fsp3) is 0.105. The largest absolute Gasteiger partial charge is 0.383 e. The molecule has 0 unspecified atom stereocenters. The quantitative estimate of drug-likeness (QED) is 0.531. The minimum Gasteiger partial charge on any atom is -0.383 e. The smallest absolute Gasteiger partial charge is 0.249 e. The molecule has 0 amide bonds. The SMILES string of the molecule is CS(=O)(=O)c1nc(-c2ccc(F)cc2)c2c(N)n(Cc3ccccc3)nc2n1. The minimum atomic E-state index is -3.68. The lowest BCUT2D eigenvalue weighted by molar-refractivity contribution is 0.593. The van der Waals surface area contributed by atoms with Gasteiger partial charge in [0.05, 0.1) is 17.6 Å². The van der Waals surface area contributed by atoms with Gasteiger partial charge in [-0.1, -0.05) is 30.3 Å². The van der Waals surface area contributed by atoms with Gasteiger partial charge < -0.3 is 5.73 Å². The lowest BCUT2D eigenvalue weighted by Gasteiger charge is -2.06. The predicted molar refractivity (Wildman–Crippen MR) is 104 cm³/mol. The van der Waals surface area contributed by atoms with Gasteiger partial charge in [-0.25, -0.2) is 22.5 Å². The van der Waals surface area contributed by atoms with E-state index < -0.39 is 15.7 Å². The third-order valence-corrected chi connectivity index (χ3v) is 5.09. The number of hydrogen-bond acceptors (Lipinski definition) is 6. The van der Waals surface area contributed by atoms with Crippen molar-refractivity contribution in [2.24, 2.45) is 0 Å². The molecule has 2 aromatic carbocycles. The Morgan fingerprint density at radius 3 is 2.36 bits per heavy atom. The second kappa shape index (κ2) is 6.68. The molecule has 0 atom stereocenters. The van der Waals surface area contributed by atoms with Gasteiger partial charge in [-0.05, 0) is 29.8 Å². The molecule has 2 heterocycles. The van der Waals surface area contributed by atoms with Crippen molar-refractivity contribution in [2.75, 3.05) is 12.0 Å². The maximum Gasteiger partial charge on any atom is 0.249 e. The van der Waals surface area contributed by atoms with Crippen molar-refractivity contribution in [2.45, 2.75) is 11.7 Å². The normalized spacial score (nSPS) is 11.8. The summed E-state index contributed by atoms with van der Waals surface area (Å²) in [6.07, 6.45) is 1.02. The first-order chi connectivity index (χ1) is 13.3. The van der Waals surface area contributed by atoms with Crippen LogP contribution in [0.3, 0.4) is 0 Å². The van der Waals surface area contributed by atoms with Gasteiger partial charge in [-0.3, -0.25) is 0 Å². The van der Waals surface area contributed by atoms with E-state index >= 15 is 0 Å². The molecule has 142 valence electrons. The highest BCUT2D eigenvalue weighted by molar-refractivity contribution is 7.90. The van der Waals surface area contributed by atoms with Gasteiger partial charge in [-0.2, -0.15) is 4.98 Å². The second-order valence-corrected chi connectivity index (χ2v) is 8.27. The topological polar surface area (TPSA) is 104 Å². The third-order valence-electron chi connectivity index (χ3n) is 4.24. The van der Waals surface area contributed by atoms with Gasteiger partial charge in [0.1, 0.15) is 11.6 Å². The fourth-order valence-corrected chi connectivity index (χ4v) is 3.40. The van der Waals surface area contributed by atoms with Crippen LogP contribution in [0.1, 0.15) is 5.56 Å². The number of aromatic nitrogens is 4. The molecule has 0 bridgehead atoms. The van der Waals surface area contributed by atoms with Crippen LogP contribution in [-0.4, -0.2) is 34.4 Å². The number of hydrogen-bond donors (Lipinski definition) is 1. The highest BCUT2D eigenvalue weighted by Crippen LogP contribution is 2.31. The molecule has 4 aromatic rings. The van der Waals surface area contributed by atoms with Gasteiger partial charge in [0.2, 0.25) is 15.0 Å². The standard InChI is InChI=1S/C19H16FN5O2S/c1-28(26,27)19-22-16(13-7-9-14(20)10-8-13)15-17(21)25(24-18(15)23-19)11-12-5-3-2-4-6-12/h2-10H,11,21H2,1H3. The van der Waals surface area contributed by atoms with Crippen LogP contribution >= 0.6 is 0 Å². The van der Waals surface area contributed by atoms with Gasteiger partial charge >= 0.3 is 0 Å². The third kappa shape index (κ3) is 3.31. The van der Waals surface area contributed by atoms with Crippen LogP contribution in [-0.2, 0) is 16.4 Å². The van der Waals surface area contributed by atoms with Crippen LogP contribution in [0.25, 0.3) is 22.3 Å². The molecule has 0 radical (unpaired) electrons. The summed E-state index contributed by atoms with van der Waals surface area (Å²) < 4.78 is 39.0. The Labute approximate surface area is 160 Å². The highest BCUT2D eigenvalue weighted by Gasteiger charge is 2.22. The molecule has 0 aliphatic carbocycles. The Morgan fingerprint density at radius 2 is 1.71 bits per heavy atom. The number of fused-ring (bicyclic) bond motifs is 1. The van der Waals surface area contributed by atoms with E-state index in [1.807, 2.05) is 30.3 Å². The van der Waals surface area contributed by atoms with Crippen molar-refractivity contribution in [3.8, 4) is 11.3 Å². The van der Waals surface area contributed by atoms with Crippen LogP contribution < -0.4 is 5.73 Å². The number of nitrogens with zero attached hydrogens (tertiary/aromatic N) is 4. The van der Waals surface area contributed by atoms with Crippen LogP contribution in [0.4, 0.5) is 10.2 Å². The molecular formula is C19H16FN5O2S. The zero-order valence-electron chi connectivity index (χ0n) is 14.9. The van der Waals surface area contributed by atoms with Crippen LogP contribution in [0.2, 0.25) is 0 Å². The first-order valence-electron chi connectivity index (χ1n) is 8.37. The van der Waals surface area contributed by atoms with Crippen LogP contribution in [0, 0.1) is 5.82 Å². The zero-order valence-corrected chi connectivity index (χ0v) is 15.7. The van der Waals surface area contributed by atoms with E-state index in [0.29, 0.717) is 29.0 Å². The number of nitrogen functional groups attached to an aromatic ring is 1. The maximum atomic E-state index is 13.3. The van der Waals surface area contributed by atoms with Crippen LogP contribution in [0.15, 0.2) is 59.8 Å². The molecule has 0 saturated carbocycles. The Hall–Kier alpha value is -3.33. The maximum absolute atomic E-state index is 13.3. The van der Waals surface area contributed by atoms with E-state index in [4.69, 9.17) is 5.73 Å². The van der Waals surface area contributed by atoms with Crippen molar-refractivity contribution in [1.82, 2.24) is 19.7 Å². The van der Waals surface area contributed by atoms with Gasteiger partial charge in [0, 0.05) is 11.8 Å². The molecule has 0 aliphatic heterocycles. The van der Waals surface area contributed by atoms with Gasteiger partial charge in [-0.15, -0.1) is 5.10 Å². The van der Waals surface area contributed by atoms with E-state index in [1.54, 1.807) is 4.68 Å². The Morgan fingerprint density at radius 1 is 1.04 bits per heavy atom. The average Bonchev–Trinajstić information content (AvgIpc) is 2.97. The summed E-state index contributed by atoms with van der Waals surface area (Å²) in [5.74, 6) is -0.108. The molecule has 28 heavy (non-hydrogen) atoms. The number of nitrogens with two attached hydrogens (primary N) is 1. The summed E-state index contributed by atoms with van der Waals surface area (Å²) in [7, 11) is -3.68. The zero-order chi connectivity index (χ0) is 19.9. The molecule has 0 spiro atoms. The van der Waals surface area contributed by atoms with E-state index in [0.717, 1.165) is 11.8 Å². The van der Waals surface area contributed by atoms with Crippen molar-refractivity contribution in [1.29, 1.82) is 0 Å². The number of sulfone groups is 1. The summed E-state index contributed by atoms with van der Waals surface area (Å²) >= 11 is 0. The van der Waals surface area contributed by atoms with Gasteiger partial charge in [0.25, 0.3) is 0 Å². The highest BCUT2D eigenvalue weighted by atomic mass is 32.2. The fourth-order valence-electron chi connectivity index (χ4n) is 2.89. The predicted octanol–water partition coefficient (Wildman–Crippen LogP) is 2.67. The summed E-state index contributed by atoms with van der Waals surface area (Å²) in [5.41, 5.74) is 8.27. The summed E-state index contributed by atoms with van der Waals surface area (Å²) in [4.78, 5) is 8.29. The molecule has 7 nitrogen and oxygen atoms in total. The number of anilines is 1. The first-order valence-corrected chi connectivity index (χ1v) is 10.3. The van der Waals surface area contributed by atoms with Crippen LogP contribution in [0.5, 0.6) is 0 Å². The average molecular weight is 397 g/mol. The van der Waals surface area contributed by atoms with E-state index in [9.17, 15) is 12.8 Å². The molecule has 0 saturated heterocycles. The Bertz CT molecular complexity index is 1270. The lowest BCUT2D eigenvalue weighted by atomic mass is 10.1. The van der Waals surface area contributed by atoms with Crippen molar-refractivity contribution in [3.63, 3.8) is 0 Å². The van der Waals surface area contributed by atoms with Crippen molar-refractivity contribution < 1.29 is 12.8 Å². The number of rotatable bonds is 4. The lowest BCUT2D eigenvalue weighted by Crippen LogP contribution is -2.06. The monoisotopic (exact) mass is 397 g/mol. The van der Waals surface area contributed by atoms with Gasteiger partial charge in [0.15, 0.2) is 5.65 Å². The van der Waals surface area contributed by atoms with E-state index in [2.05, 4.69) is 15.1 Å². The molecule has 4 rings (SSSR count). The van der Waals surface area contributed by atoms with Crippen molar-refractivity contribution >= 4 is 26.7 Å². The molecular weight excluding hydrogens is 381 g/mol. The Kier molecular flexibility index (Phi) is 4.31. The van der Waals surface area contributed by atoms with E-state index in [-0.39, 0.29) is 10.8 Å². The second-order valence-electron chi connectivity index (χ2n) is 6.36. The first kappa shape index (κ1) is 18.1. The molecule has 2 aromatic heterocycles. The molecule has 2 N–H and O–H groups in total. The van der Waals surface area contributed by atoms with Crippen molar-refractivity contribution in [3.05, 3.63) is 66.0 Å². The molecule has 0 aliphatic rings.